The van der Waals surface area contributed by atoms with Crippen LogP contribution in [0.4, 0.5) is 5.69 Å². The summed E-state index contributed by atoms with van der Waals surface area (Å²) in [4.78, 5) is 15.2. The van der Waals surface area contributed by atoms with Gasteiger partial charge in [0.05, 0.1) is 19.4 Å². The summed E-state index contributed by atoms with van der Waals surface area (Å²) in [6, 6.07) is 14.5. The Hall–Kier alpha value is -2.58. The summed E-state index contributed by atoms with van der Waals surface area (Å²) in [6.45, 7) is 2.47. The van der Waals surface area contributed by atoms with Gasteiger partial charge in [-0.25, -0.2) is 8.42 Å². The third-order valence-corrected chi connectivity index (χ3v) is 5.82. The number of carbonyl (C=O) groups excluding carboxylic acids is 1. The lowest BCUT2D eigenvalue weighted by molar-refractivity contribution is 0.0924. The predicted molar refractivity (Wildman–Crippen MR) is 118 cm³/mol. The van der Waals surface area contributed by atoms with Crippen molar-refractivity contribution in [3.63, 3.8) is 0 Å². The number of anilines is 1. The molecule has 2 aromatic rings. The van der Waals surface area contributed by atoms with E-state index in [0.717, 1.165) is 43.5 Å². The molecule has 1 heterocycles. The van der Waals surface area contributed by atoms with Crippen molar-refractivity contribution in [2.75, 3.05) is 37.7 Å². The summed E-state index contributed by atoms with van der Waals surface area (Å²) in [5, 5.41) is 3.02. The van der Waals surface area contributed by atoms with E-state index >= 15 is 0 Å². The maximum absolute atomic E-state index is 12.8. The number of carbonyl (C=O) groups is 1. The van der Waals surface area contributed by atoms with Crippen LogP contribution in [0.5, 0.6) is 5.75 Å². The van der Waals surface area contributed by atoms with E-state index < -0.39 is 10.0 Å². The van der Waals surface area contributed by atoms with Crippen LogP contribution in [-0.4, -0.2) is 52.2 Å². The summed E-state index contributed by atoms with van der Waals surface area (Å²) in [7, 11) is -1.76. The average Bonchev–Trinajstić information content (AvgIpc) is 2.74. The van der Waals surface area contributed by atoms with Gasteiger partial charge in [-0.2, -0.15) is 0 Å². The number of amides is 1. The van der Waals surface area contributed by atoms with Crippen LogP contribution in [0, 0.1) is 0 Å². The van der Waals surface area contributed by atoms with E-state index in [9.17, 15) is 13.2 Å². The molecule has 1 aliphatic heterocycles. The lowest BCUT2D eigenvalue weighted by Gasteiger charge is -2.35. The van der Waals surface area contributed by atoms with Crippen LogP contribution < -0.4 is 14.8 Å². The Morgan fingerprint density at radius 1 is 1.10 bits per heavy atom. The van der Waals surface area contributed by atoms with E-state index in [1.165, 1.54) is 6.42 Å². The van der Waals surface area contributed by atoms with Crippen molar-refractivity contribution < 1.29 is 17.9 Å². The van der Waals surface area contributed by atoms with Gasteiger partial charge in [-0.15, -0.1) is 0 Å². The molecular weight excluding hydrogens is 402 g/mol. The van der Waals surface area contributed by atoms with E-state index in [1.807, 2.05) is 24.3 Å². The van der Waals surface area contributed by atoms with Crippen LogP contribution in [-0.2, 0) is 10.0 Å². The molecule has 2 aromatic carbocycles. The fourth-order valence-electron chi connectivity index (χ4n) is 3.74. The van der Waals surface area contributed by atoms with Crippen LogP contribution >= 0.6 is 0 Å². The molecule has 8 heteroatoms. The molecule has 1 aliphatic rings. The monoisotopic (exact) mass is 431 g/mol. The summed E-state index contributed by atoms with van der Waals surface area (Å²) in [5.74, 6) is 0.568. The molecule has 2 N–H and O–H groups in total. The van der Waals surface area contributed by atoms with Crippen LogP contribution in [0.1, 0.15) is 41.2 Å². The zero-order valence-corrected chi connectivity index (χ0v) is 18.2. The molecule has 0 bridgehead atoms. The Morgan fingerprint density at radius 2 is 1.80 bits per heavy atom. The van der Waals surface area contributed by atoms with E-state index in [1.54, 1.807) is 31.4 Å². The molecule has 1 saturated heterocycles. The number of piperidine rings is 1. The quantitative estimate of drug-likeness (QED) is 0.671. The molecule has 0 aromatic heterocycles. The first-order valence-electron chi connectivity index (χ1n) is 10.1. The first-order chi connectivity index (χ1) is 14.4. The minimum absolute atomic E-state index is 0.0671. The third kappa shape index (κ3) is 6.21. The van der Waals surface area contributed by atoms with Gasteiger partial charge in [-0.3, -0.25) is 14.4 Å². The van der Waals surface area contributed by atoms with Gasteiger partial charge in [0.1, 0.15) is 5.75 Å². The number of nitrogens with one attached hydrogen (secondary N) is 2. The second-order valence-electron chi connectivity index (χ2n) is 7.55. The highest BCUT2D eigenvalue weighted by Crippen LogP contribution is 2.26. The summed E-state index contributed by atoms with van der Waals surface area (Å²) in [5.41, 5.74) is 1.91. The molecule has 1 unspecified atom stereocenters. The summed E-state index contributed by atoms with van der Waals surface area (Å²) < 4.78 is 30.6. The highest BCUT2D eigenvalue weighted by Gasteiger charge is 2.23. The van der Waals surface area contributed by atoms with Gasteiger partial charge in [-0.1, -0.05) is 24.6 Å². The standard InChI is InChI=1S/C22H29N3O4S/c1-29-20-11-9-17(10-12-20)21(25-13-4-3-5-14-25)16-23-22(26)18-7-6-8-19(15-18)24-30(2,27)28/h6-12,15,21,24H,3-5,13-14,16H2,1-2H3,(H,23,26). The second-order valence-corrected chi connectivity index (χ2v) is 9.30. The van der Waals surface area contributed by atoms with Gasteiger partial charge in [0.15, 0.2) is 0 Å². The van der Waals surface area contributed by atoms with E-state index in [0.29, 0.717) is 17.8 Å². The minimum Gasteiger partial charge on any atom is -0.497 e. The number of methoxy groups -OCH3 is 1. The normalized spacial score (nSPS) is 15.9. The number of hydrogen-bond donors (Lipinski definition) is 2. The topological polar surface area (TPSA) is 87.7 Å². The first kappa shape index (κ1) is 22.1. The number of likely N-dealkylation sites (tertiary alicyclic amines) is 1. The van der Waals surface area contributed by atoms with Crippen LogP contribution in [0.2, 0.25) is 0 Å². The van der Waals surface area contributed by atoms with Gasteiger partial charge in [-0.05, 0) is 61.8 Å². The van der Waals surface area contributed by atoms with Gasteiger partial charge in [0.2, 0.25) is 10.0 Å². The largest absolute Gasteiger partial charge is 0.497 e. The molecule has 1 fully saturated rings. The smallest absolute Gasteiger partial charge is 0.251 e. The molecule has 162 valence electrons. The molecule has 0 aliphatic carbocycles. The Morgan fingerprint density at radius 3 is 2.43 bits per heavy atom. The van der Waals surface area contributed by atoms with Crippen molar-refractivity contribution in [3.05, 3.63) is 59.7 Å². The molecule has 0 radical (unpaired) electrons. The Kier molecular flexibility index (Phi) is 7.33. The Bertz CT molecular complexity index is 955. The van der Waals surface area contributed by atoms with E-state index in [2.05, 4.69) is 14.9 Å². The SMILES string of the molecule is COc1ccc(C(CNC(=O)c2cccc(NS(C)(=O)=O)c2)N2CCCCC2)cc1. The van der Waals surface area contributed by atoms with Crippen LogP contribution in [0.3, 0.4) is 0 Å². The average molecular weight is 432 g/mol. The first-order valence-corrected chi connectivity index (χ1v) is 12.0. The fraction of sp³-hybridized carbons (Fsp3) is 0.409. The summed E-state index contributed by atoms with van der Waals surface area (Å²) >= 11 is 0. The highest BCUT2D eigenvalue weighted by molar-refractivity contribution is 7.92. The fourth-order valence-corrected chi connectivity index (χ4v) is 4.30. The molecule has 7 nitrogen and oxygen atoms in total. The Balaban J connectivity index is 1.73. The van der Waals surface area contributed by atoms with Gasteiger partial charge >= 0.3 is 0 Å². The highest BCUT2D eigenvalue weighted by atomic mass is 32.2. The lowest BCUT2D eigenvalue weighted by Crippen LogP contribution is -2.40. The predicted octanol–water partition coefficient (Wildman–Crippen LogP) is 3.02. The van der Waals surface area contributed by atoms with Crippen LogP contribution in [0.25, 0.3) is 0 Å². The number of benzene rings is 2. The van der Waals surface area contributed by atoms with E-state index in [-0.39, 0.29) is 11.9 Å². The number of ether oxygens (including phenoxy) is 1. The number of nitrogens with zero attached hydrogens (tertiary/aromatic N) is 1. The van der Waals surface area contributed by atoms with Crippen molar-refractivity contribution in [1.82, 2.24) is 10.2 Å². The van der Waals surface area contributed by atoms with Crippen molar-refractivity contribution in [2.45, 2.75) is 25.3 Å². The summed E-state index contributed by atoms with van der Waals surface area (Å²) in [6.07, 6.45) is 4.62. The maximum Gasteiger partial charge on any atom is 0.251 e. The molecule has 30 heavy (non-hydrogen) atoms. The number of rotatable bonds is 8. The lowest BCUT2D eigenvalue weighted by atomic mass is 10.0. The van der Waals surface area contributed by atoms with Gasteiger partial charge in [0, 0.05) is 17.8 Å². The van der Waals surface area contributed by atoms with E-state index in [4.69, 9.17) is 4.74 Å². The third-order valence-electron chi connectivity index (χ3n) is 5.22. The molecule has 0 saturated carbocycles. The molecule has 3 rings (SSSR count). The maximum atomic E-state index is 12.8. The van der Waals surface area contributed by atoms with Crippen molar-refractivity contribution in [2.24, 2.45) is 0 Å². The zero-order chi connectivity index (χ0) is 21.6. The van der Waals surface area contributed by atoms with Gasteiger partial charge in [0.25, 0.3) is 5.91 Å². The van der Waals surface area contributed by atoms with Crippen LogP contribution in [0.15, 0.2) is 48.5 Å². The van der Waals surface area contributed by atoms with Crippen molar-refractivity contribution >= 4 is 21.6 Å². The Labute approximate surface area is 178 Å². The molecule has 0 spiro atoms. The molecular formula is C22H29N3O4S. The second kappa shape index (κ2) is 9.95. The van der Waals surface area contributed by atoms with Crippen molar-refractivity contribution in [3.8, 4) is 5.75 Å². The number of hydrogen-bond acceptors (Lipinski definition) is 5. The molecule has 1 atom stereocenters. The van der Waals surface area contributed by atoms with Gasteiger partial charge < -0.3 is 10.1 Å². The van der Waals surface area contributed by atoms with Crippen molar-refractivity contribution in [1.29, 1.82) is 0 Å². The number of sulfonamides is 1. The minimum atomic E-state index is -3.40. The zero-order valence-electron chi connectivity index (χ0n) is 17.4. The molecule has 1 amide bonds.